The summed E-state index contributed by atoms with van der Waals surface area (Å²) in [5, 5.41) is 19.6. The van der Waals surface area contributed by atoms with E-state index in [1.165, 1.54) is 12.3 Å². The molecular weight excluding hydrogens is 315 g/mol. The summed E-state index contributed by atoms with van der Waals surface area (Å²) in [6.45, 7) is 1.16. The number of anilines is 2. The molecule has 3 aliphatic rings. The lowest BCUT2D eigenvalue weighted by Crippen LogP contribution is -2.32. The molecule has 0 bridgehead atoms. The van der Waals surface area contributed by atoms with Crippen LogP contribution < -0.4 is 15.5 Å². The van der Waals surface area contributed by atoms with Crippen LogP contribution in [0.3, 0.4) is 0 Å². The minimum atomic E-state index is -1.38. The largest absolute Gasteiger partial charge is 0.478 e. The van der Waals surface area contributed by atoms with E-state index in [-0.39, 0.29) is 29.0 Å². The fraction of sp³-hybridized carbons (Fsp3) is 0.500. The van der Waals surface area contributed by atoms with Crippen molar-refractivity contribution in [1.29, 1.82) is 0 Å². The first-order valence-corrected chi connectivity index (χ1v) is 8.08. The van der Waals surface area contributed by atoms with Gasteiger partial charge in [0.1, 0.15) is 11.9 Å². The number of aliphatic hydroxyl groups excluding tert-OH is 1. The van der Waals surface area contributed by atoms with E-state index in [1.807, 2.05) is 0 Å². The molecule has 1 saturated heterocycles. The van der Waals surface area contributed by atoms with Crippen LogP contribution in [0, 0.1) is 5.82 Å². The van der Waals surface area contributed by atoms with Crippen molar-refractivity contribution in [1.82, 2.24) is 4.98 Å². The average molecular weight is 334 g/mol. The summed E-state index contributed by atoms with van der Waals surface area (Å²) in [5.74, 6) is -1.13. The van der Waals surface area contributed by atoms with Crippen molar-refractivity contribution in [3.8, 4) is 0 Å². The normalized spacial score (nSPS) is 26.4. The zero-order valence-electron chi connectivity index (χ0n) is 13.0. The fourth-order valence-corrected chi connectivity index (χ4v) is 3.35. The van der Waals surface area contributed by atoms with E-state index in [0.29, 0.717) is 18.9 Å². The van der Waals surface area contributed by atoms with E-state index in [4.69, 9.17) is 5.73 Å². The lowest BCUT2D eigenvalue weighted by atomic mass is 9.98. The Kier molecular flexibility index (Phi) is 3.47. The zero-order chi connectivity index (χ0) is 17.0. The zero-order valence-corrected chi connectivity index (χ0v) is 13.0. The number of nitrogens with two attached hydrogens (primary N) is 1. The molecule has 2 aliphatic heterocycles. The fourth-order valence-electron chi connectivity index (χ4n) is 3.35. The summed E-state index contributed by atoms with van der Waals surface area (Å²) >= 11 is 0. The van der Waals surface area contributed by atoms with Gasteiger partial charge in [0, 0.05) is 36.9 Å². The first-order valence-electron chi connectivity index (χ1n) is 8.08. The van der Waals surface area contributed by atoms with Gasteiger partial charge in [0.25, 0.3) is 0 Å². The van der Waals surface area contributed by atoms with Crippen LogP contribution in [0.2, 0.25) is 0 Å². The van der Waals surface area contributed by atoms with Gasteiger partial charge in [0.2, 0.25) is 0 Å². The molecule has 0 spiro atoms. The highest BCUT2D eigenvalue weighted by atomic mass is 19.1. The van der Waals surface area contributed by atoms with Gasteiger partial charge in [-0.3, -0.25) is 0 Å². The molecule has 1 aromatic heterocycles. The second kappa shape index (κ2) is 5.42. The Bertz CT molecular complexity index is 734. The molecule has 128 valence electrons. The number of carboxylic acid groups (broad SMARTS) is 1. The maximum atomic E-state index is 14.6. The second-order valence-electron chi connectivity index (χ2n) is 6.63. The minimum absolute atomic E-state index is 0.00846. The number of aliphatic carboxylic acids is 1. The molecule has 2 atom stereocenters. The Balaban J connectivity index is 1.79. The van der Waals surface area contributed by atoms with E-state index in [1.54, 1.807) is 9.80 Å². The maximum absolute atomic E-state index is 14.6. The third-order valence-electron chi connectivity index (χ3n) is 4.79. The molecule has 0 aromatic carbocycles. The van der Waals surface area contributed by atoms with Crippen LogP contribution >= 0.6 is 0 Å². The van der Waals surface area contributed by atoms with Gasteiger partial charge < -0.3 is 25.7 Å². The number of carboxylic acids is 1. The van der Waals surface area contributed by atoms with Crippen LogP contribution in [0.25, 0.3) is 0 Å². The lowest BCUT2D eigenvalue weighted by molar-refractivity contribution is -0.133. The molecular formula is C16H19FN4O3. The van der Waals surface area contributed by atoms with E-state index >= 15 is 0 Å². The van der Waals surface area contributed by atoms with Crippen LogP contribution in [0.15, 0.2) is 17.8 Å². The van der Waals surface area contributed by atoms with Crippen molar-refractivity contribution in [2.24, 2.45) is 5.73 Å². The Labute approximate surface area is 138 Å². The van der Waals surface area contributed by atoms with Crippen molar-refractivity contribution in [3.63, 3.8) is 0 Å². The molecule has 2 unspecified atom stereocenters. The van der Waals surface area contributed by atoms with Crippen LogP contribution in [0.1, 0.15) is 30.9 Å². The smallest absolute Gasteiger partial charge is 0.336 e. The quantitative estimate of drug-likeness (QED) is 0.749. The molecule has 4 N–H and O–H groups in total. The van der Waals surface area contributed by atoms with Gasteiger partial charge in [0.15, 0.2) is 11.6 Å². The summed E-state index contributed by atoms with van der Waals surface area (Å²) < 4.78 is 14.6. The molecule has 1 aromatic rings. The summed E-state index contributed by atoms with van der Waals surface area (Å²) in [6, 6.07) is 1.35. The first-order chi connectivity index (χ1) is 11.5. The molecule has 3 heterocycles. The van der Waals surface area contributed by atoms with Crippen LogP contribution in [-0.2, 0) is 4.79 Å². The highest BCUT2D eigenvalue weighted by Crippen LogP contribution is 2.42. The van der Waals surface area contributed by atoms with E-state index in [2.05, 4.69) is 4.98 Å². The summed E-state index contributed by atoms with van der Waals surface area (Å²) in [4.78, 5) is 19.4. The molecule has 1 saturated carbocycles. The molecule has 8 heteroatoms. The Hall–Kier alpha value is -2.19. The number of halogens is 1. The monoisotopic (exact) mass is 334 g/mol. The van der Waals surface area contributed by atoms with Crippen molar-refractivity contribution in [2.75, 3.05) is 22.9 Å². The second-order valence-corrected chi connectivity index (χ2v) is 6.63. The highest BCUT2D eigenvalue weighted by Gasteiger charge is 2.39. The number of nitrogens with zero attached hydrogens (tertiary/aromatic N) is 3. The molecule has 0 radical (unpaired) electrons. The summed E-state index contributed by atoms with van der Waals surface area (Å²) in [7, 11) is 0. The number of hydrogen-bond donors (Lipinski definition) is 3. The van der Waals surface area contributed by atoms with Crippen LogP contribution in [0.4, 0.5) is 16.0 Å². The van der Waals surface area contributed by atoms with Gasteiger partial charge in [-0.25, -0.2) is 14.2 Å². The number of rotatable bonds is 3. The Morgan fingerprint density at radius 2 is 2.08 bits per heavy atom. The molecule has 7 nitrogen and oxygen atoms in total. The van der Waals surface area contributed by atoms with Gasteiger partial charge in [-0.15, -0.1) is 0 Å². The molecule has 1 aliphatic carbocycles. The predicted octanol–water partition coefficient (Wildman–Crippen LogP) is 0.742. The van der Waals surface area contributed by atoms with Gasteiger partial charge in [0.05, 0.1) is 5.57 Å². The van der Waals surface area contributed by atoms with Gasteiger partial charge in [-0.2, -0.15) is 0 Å². The van der Waals surface area contributed by atoms with Crippen molar-refractivity contribution in [3.05, 3.63) is 29.2 Å². The number of fused-ring (bicyclic) bond motifs is 1. The third kappa shape index (κ3) is 2.42. The van der Waals surface area contributed by atoms with Crippen molar-refractivity contribution in [2.45, 2.75) is 37.5 Å². The molecule has 24 heavy (non-hydrogen) atoms. The van der Waals surface area contributed by atoms with Gasteiger partial charge in [-0.05, 0) is 25.3 Å². The topological polar surface area (TPSA) is 103 Å². The van der Waals surface area contributed by atoms with Crippen molar-refractivity contribution < 1.29 is 19.4 Å². The number of pyridine rings is 1. The Morgan fingerprint density at radius 1 is 1.33 bits per heavy atom. The predicted molar refractivity (Wildman–Crippen MR) is 85.2 cm³/mol. The third-order valence-corrected chi connectivity index (χ3v) is 4.79. The van der Waals surface area contributed by atoms with E-state index < -0.39 is 17.9 Å². The maximum Gasteiger partial charge on any atom is 0.336 e. The van der Waals surface area contributed by atoms with Gasteiger partial charge in [-0.1, -0.05) is 0 Å². The van der Waals surface area contributed by atoms with Crippen molar-refractivity contribution >= 4 is 17.6 Å². The standard InChI is InChI=1S/C16H19FN4O3/c17-12-5-10-13(22)11(16(23)24)7-21(9-1-2-9)14(10)19-15(12)20-4-3-8(18)6-20/h5,7-9,13,22H,1-4,6,18H2,(H,23,24). The number of aliphatic hydroxyl groups is 1. The average Bonchev–Trinajstić information content (AvgIpc) is 3.28. The van der Waals surface area contributed by atoms with E-state index in [0.717, 1.165) is 19.3 Å². The van der Waals surface area contributed by atoms with E-state index in [9.17, 15) is 19.4 Å². The lowest BCUT2D eigenvalue weighted by Gasteiger charge is -2.31. The molecule has 4 rings (SSSR count). The highest BCUT2D eigenvalue weighted by molar-refractivity contribution is 5.90. The van der Waals surface area contributed by atoms with Gasteiger partial charge >= 0.3 is 5.97 Å². The minimum Gasteiger partial charge on any atom is -0.478 e. The number of aromatic nitrogens is 1. The van der Waals surface area contributed by atoms with Crippen LogP contribution in [0.5, 0.6) is 0 Å². The molecule has 2 fully saturated rings. The number of carbonyl (C=O) groups is 1. The summed E-state index contributed by atoms with van der Waals surface area (Å²) in [5.41, 5.74) is 5.93. The summed E-state index contributed by atoms with van der Waals surface area (Å²) in [6.07, 6.45) is 2.65. The van der Waals surface area contributed by atoms with Crippen LogP contribution in [-0.4, -0.2) is 46.3 Å². The number of hydrogen-bond acceptors (Lipinski definition) is 6. The molecule has 0 amide bonds. The Morgan fingerprint density at radius 3 is 2.67 bits per heavy atom. The SMILES string of the molecule is NC1CCN(c2nc3c(cc2F)C(O)C(C(=O)O)=CN3C2CC2)C1. The first kappa shape index (κ1) is 15.3.